The molecular formula is C8H7BrClIO. The molecule has 0 saturated carbocycles. The highest BCUT2D eigenvalue weighted by atomic mass is 127. The van der Waals surface area contributed by atoms with Crippen molar-refractivity contribution in [1.82, 2.24) is 0 Å². The zero-order chi connectivity index (χ0) is 9.14. The highest BCUT2D eigenvalue weighted by Crippen LogP contribution is 2.30. The van der Waals surface area contributed by atoms with Crippen molar-refractivity contribution in [3.8, 4) is 5.75 Å². The van der Waals surface area contributed by atoms with E-state index in [0.29, 0.717) is 5.88 Å². The van der Waals surface area contributed by atoms with Gasteiger partial charge in [-0.1, -0.05) is 0 Å². The monoisotopic (exact) mass is 360 g/mol. The third-order valence-electron chi connectivity index (χ3n) is 1.43. The van der Waals surface area contributed by atoms with Crippen LogP contribution < -0.4 is 4.74 Å². The number of halogens is 3. The molecule has 12 heavy (non-hydrogen) atoms. The topological polar surface area (TPSA) is 9.23 Å². The number of rotatable bonds is 2. The van der Waals surface area contributed by atoms with Crippen LogP contribution in [-0.2, 0) is 5.88 Å². The van der Waals surface area contributed by atoms with Gasteiger partial charge in [-0.2, -0.15) is 0 Å². The van der Waals surface area contributed by atoms with E-state index in [2.05, 4.69) is 38.5 Å². The largest absolute Gasteiger partial charge is 0.496 e. The van der Waals surface area contributed by atoms with E-state index < -0.39 is 0 Å². The molecule has 0 aliphatic rings. The second kappa shape index (κ2) is 4.67. The van der Waals surface area contributed by atoms with Crippen molar-refractivity contribution in [2.24, 2.45) is 0 Å². The summed E-state index contributed by atoms with van der Waals surface area (Å²) in [4.78, 5) is 0. The molecule has 0 bridgehead atoms. The molecule has 0 unspecified atom stereocenters. The van der Waals surface area contributed by atoms with E-state index in [1.165, 1.54) is 0 Å². The zero-order valence-electron chi connectivity index (χ0n) is 6.40. The van der Waals surface area contributed by atoms with Gasteiger partial charge < -0.3 is 4.74 Å². The predicted octanol–water partition coefficient (Wildman–Crippen LogP) is 3.80. The van der Waals surface area contributed by atoms with E-state index in [4.69, 9.17) is 16.3 Å². The Morgan fingerprint density at radius 2 is 2.25 bits per heavy atom. The molecule has 66 valence electrons. The molecule has 0 radical (unpaired) electrons. The number of methoxy groups -OCH3 is 1. The summed E-state index contributed by atoms with van der Waals surface area (Å²) < 4.78 is 7.27. The van der Waals surface area contributed by atoms with Gasteiger partial charge in [-0.3, -0.25) is 0 Å². The molecule has 0 N–H and O–H groups in total. The minimum Gasteiger partial charge on any atom is -0.496 e. The van der Waals surface area contributed by atoms with Gasteiger partial charge in [0.25, 0.3) is 0 Å². The van der Waals surface area contributed by atoms with Crippen LogP contribution >= 0.6 is 50.1 Å². The van der Waals surface area contributed by atoms with E-state index >= 15 is 0 Å². The lowest BCUT2D eigenvalue weighted by Crippen LogP contribution is -1.90. The summed E-state index contributed by atoms with van der Waals surface area (Å²) in [5.74, 6) is 1.37. The van der Waals surface area contributed by atoms with Gasteiger partial charge in [0.05, 0.1) is 10.7 Å². The van der Waals surface area contributed by atoms with Crippen LogP contribution in [0.15, 0.2) is 16.6 Å². The Hall–Kier alpha value is 0.520. The van der Waals surface area contributed by atoms with Crippen molar-refractivity contribution in [2.45, 2.75) is 5.88 Å². The Labute approximate surface area is 98.7 Å². The Balaban J connectivity index is 3.19. The van der Waals surface area contributed by atoms with Gasteiger partial charge in [0.15, 0.2) is 0 Å². The van der Waals surface area contributed by atoms with Gasteiger partial charge >= 0.3 is 0 Å². The number of ether oxygens (including phenoxy) is 1. The molecule has 0 amide bonds. The maximum Gasteiger partial charge on any atom is 0.133 e. The third-order valence-corrected chi connectivity index (χ3v) is 4.22. The first kappa shape index (κ1) is 10.6. The zero-order valence-corrected chi connectivity index (χ0v) is 10.9. The van der Waals surface area contributed by atoms with Crippen LogP contribution in [0.4, 0.5) is 0 Å². The number of alkyl halides is 1. The minimum absolute atomic E-state index is 0.506. The molecule has 1 rings (SSSR count). The minimum atomic E-state index is 0.506. The quantitative estimate of drug-likeness (QED) is 0.575. The van der Waals surface area contributed by atoms with Crippen LogP contribution in [0.1, 0.15) is 5.56 Å². The van der Waals surface area contributed by atoms with Crippen LogP contribution in [0.25, 0.3) is 0 Å². The molecule has 0 atom stereocenters. The van der Waals surface area contributed by atoms with Gasteiger partial charge in [0, 0.05) is 10.4 Å². The Kier molecular flexibility index (Phi) is 4.13. The molecule has 0 heterocycles. The van der Waals surface area contributed by atoms with E-state index in [-0.39, 0.29) is 0 Å². The van der Waals surface area contributed by atoms with Gasteiger partial charge in [-0.15, -0.1) is 11.6 Å². The van der Waals surface area contributed by atoms with E-state index in [1.807, 2.05) is 12.1 Å². The summed E-state index contributed by atoms with van der Waals surface area (Å²) in [6, 6.07) is 3.94. The molecule has 1 aromatic carbocycles. The average molecular weight is 361 g/mol. The number of hydrogen-bond acceptors (Lipinski definition) is 1. The standard InChI is InChI=1S/C8H7BrClIO/c1-12-7-3-5(4-10)2-6(9)8(7)11/h2-3H,4H2,1H3. The molecule has 1 nitrogen and oxygen atoms in total. The van der Waals surface area contributed by atoms with Crippen LogP contribution in [0.5, 0.6) is 5.75 Å². The van der Waals surface area contributed by atoms with Crippen molar-refractivity contribution in [2.75, 3.05) is 7.11 Å². The molecular weight excluding hydrogens is 354 g/mol. The van der Waals surface area contributed by atoms with Crippen molar-refractivity contribution in [1.29, 1.82) is 0 Å². The summed E-state index contributed by atoms with van der Waals surface area (Å²) in [5, 5.41) is 0. The molecule has 0 saturated heterocycles. The van der Waals surface area contributed by atoms with Crippen LogP contribution in [-0.4, -0.2) is 7.11 Å². The van der Waals surface area contributed by atoms with E-state index in [0.717, 1.165) is 19.4 Å². The van der Waals surface area contributed by atoms with Crippen molar-refractivity contribution in [3.05, 3.63) is 25.7 Å². The van der Waals surface area contributed by atoms with E-state index in [1.54, 1.807) is 7.11 Å². The lowest BCUT2D eigenvalue weighted by Gasteiger charge is -2.06. The Bertz CT molecular complexity index is 291. The Morgan fingerprint density at radius 3 is 2.75 bits per heavy atom. The molecule has 0 aliphatic heterocycles. The molecule has 1 aromatic rings. The van der Waals surface area contributed by atoms with Crippen molar-refractivity contribution in [3.63, 3.8) is 0 Å². The average Bonchev–Trinajstić information content (AvgIpc) is 2.09. The molecule has 0 aliphatic carbocycles. The molecule has 0 spiro atoms. The maximum atomic E-state index is 5.70. The summed E-state index contributed by atoms with van der Waals surface area (Å²) in [5.41, 5.74) is 1.06. The van der Waals surface area contributed by atoms with Crippen molar-refractivity contribution >= 4 is 50.1 Å². The molecule has 0 fully saturated rings. The third kappa shape index (κ3) is 2.26. The summed E-state index contributed by atoms with van der Waals surface area (Å²) >= 11 is 11.4. The van der Waals surface area contributed by atoms with Crippen molar-refractivity contribution < 1.29 is 4.74 Å². The van der Waals surface area contributed by atoms with Crippen LogP contribution in [0, 0.1) is 3.57 Å². The fraction of sp³-hybridized carbons (Fsp3) is 0.250. The summed E-state index contributed by atoms with van der Waals surface area (Å²) in [7, 11) is 1.65. The first-order valence-electron chi connectivity index (χ1n) is 3.27. The summed E-state index contributed by atoms with van der Waals surface area (Å²) in [6.07, 6.45) is 0. The lowest BCUT2D eigenvalue weighted by molar-refractivity contribution is 0.411. The fourth-order valence-corrected chi connectivity index (χ4v) is 2.02. The van der Waals surface area contributed by atoms with Gasteiger partial charge in [0.1, 0.15) is 5.75 Å². The summed E-state index contributed by atoms with van der Waals surface area (Å²) in [6.45, 7) is 0. The molecule has 4 heteroatoms. The molecule has 0 aromatic heterocycles. The second-order valence-electron chi connectivity index (χ2n) is 2.23. The smallest absolute Gasteiger partial charge is 0.133 e. The SMILES string of the molecule is COc1cc(CCl)cc(Br)c1I. The van der Waals surface area contributed by atoms with Gasteiger partial charge in [-0.05, 0) is 56.2 Å². The van der Waals surface area contributed by atoms with Gasteiger partial charge in [0.2, 0.25) is 0 Å². The normalized spacial score (nSPS) is 10.0. The lowest BCUT2D eigenvalue weighted by atomic mass is 10.2. The first-order chi connectivity index (χ1) is 5.69. The first-order valence-corrected chi connectivity index (χ1v) is 5.67. The van der Waals surface area contributed by atoms with Crippen LogP contribution in [0.3, 0.4) is 0 Å². The van der Waals surface area contributed by atoms with E-state index in [9.17, 15) is 0 Å². The van der Waals surface area contributed by atoms with Crippen LogP contribution in [0.2, 0.25) is 0 Å². The highest BCUT2D eigenvalue weighted by molar-refractivity contribution is 14.1. The second-order valence-corrected chi connectivity index (χ2v) is 4.43. The number of hydrogen-bond donors (Lipinski definition) is 0. The number of benzene rings is 1. The fourth-order valence-electron chi connectivity index (χ4n) is 0.843. The predicted molar refractivity (Wildman–Crippen MR) is 63.0 cm³/mol. The van der Waals surface area contributed by atoms with Gasteiger partial charge in [-0.25, -0.2) is 0 Å². The Morgan fingerprint density at radius 1 is 1.58 bits per heavy atom. The maximum absolute atomic E-state index is 5.70. The highest BCUT2D eigenvalue weighted by Gasteiger charge is 2.05.